The molecule has 1 N–H and O–H groups in total. The number of hydrogen-bond donors (Lipinski definition) is 1. The number of thioether (sulfide) groups is 1. The first-order valence-electron chi connectivity index (χ1n) is 7.94. The Kier molecular flexibility index (Phi) is 7.34. The van der Waals surface area contributed by atoms with Gasteiger partial charge < -0.3 is 10.1 Å². The van der Waals surface area contributed by atoms with Gasteiger partial charge in [-0.1, -0.05) is 41.9 Å². The van der Waals surface area contributed by atoms with Gasteiger partial charge in [0.15, 0.2) is 0 Å². The summed E-state index contributed by atoms with van der Waals surface area (Å²) in [6, 6.07) is 14.8. The van der Waals surface area contributed by atoms with E-state index in [1.165, 1.54) is 11.6 Å². The maximum atomic E-state index is 12.3. The highest BCUT2D eigenvalue weighted by Gasteiger charge is 2.16. The summed E-state index contributed by atoms with van der Waals surface area (Å²) in [5.74, 6) is 0.123. The molecule has 0 aliphatic rings. The normalized spacial score (nSPS) is 11.6. The lowest BCUT2D eigenvalue weighted by Gasteiger charge is -2.13. The van der Waals surface area contributed by atoms with Gasteiger partial charge in [0.2, 0.25) is 5.91 Å². The van der Waals surface area contributed by atoms with Crippen molar-refractivity contribution >= 4 is 40.9 Å². The van der Waals surface area contributed by atoms with Crippen LogP contribution >= 0.6 is 23.4 Å². The lowest BCUT2D eigenvalue weighted by atomic mass is 10.2. The molecule has 0 spiro atoms. The second-order valence-corrected chi connectivity index (χ2v) is 7.08. The smallest absolute Gasteiger partial charge is 0.339 e. The molecule has 0 bridgehead atoms. The molecule has 2 rings (SSSR count). The third-order valence-corrected chi connectivity index (χ3v) is 4.98. The monoisotopic (exact) mass is 377 g/mol. The first kappa shape index (κ1) is 19.3. The molecule has 0 saturated carbocycles. The van der Waals surface area contributed by atoms with Crippen molar-refractivity contribution in [2.75, 3.05) is 11.9 Å². The van der Waals surface area contributed by atoms with E-state index >= 15 is 0 Å². The number of hydrogen-bond acceptors (Lipinski definition) is 4. The minimum absolute atomic E-state index is 0.127. The highest BCUT2D eigenvalue weighted by molar-refractivity contribution is 7.99. The van der Waals surface area contributed by atoms with Crippen molar-refractivity contribution < 1.29 is 14.3 Å². The quantitative estimate of drug-likeness (QED) is 0.705. The Balaban J connectivity index is 1.97. The van der Waals surface area contributed by atoms with Crippen LogP contribution < -0.4 is 5.32 Å². The molecular formula is C19H20ClNO3S. The summed E-state index contributed by atoms with van der Waals surface area (Å²) in [5, 5.41) is 2.88. The molecule has 1 atom stereocenters. The Morgan fingerprint density at radius 2 is 1.92 bits per heavy atom. The number of ether oxygens (including phenoxy) is 1. The van der Waals surface area contributed by atoms with Gasteiger partial charge in [0.05, 0.1) is 22.4 Å². The molecule has 2 aromatic carbocycles. The van der Waals surface area contributed by atoms with Gasteiger partial charge in [0, 0.05) is 11.4 Å². The molecule has 4 nitrogen and oxygen atoms in total. The third-order valence-electron chi connectivity index (χ3n) is 3.44. The minimum atomic E-state index is -0.505. The van der Waals surface area contributed by atoms with Gasteiger partial charge in [-0.3, -0.25) is 4.79 Å². The highest BCUT2D eigenvalue weighted by Crippen LogP contribution is 2.23. The van der Waals surface area contributed by atoms with Gasteiger partial charge in [-0.25, -0.2) is 4.79 Å². The summed E-state index contributed by atoms with van der Waals surface area (Å²) < 4.78 is 4.96. The van der Waals surface area contributed by atoms with Gasteiger partial charge in [-0.15, -0.1) is 11.8 Å². The van der Waals surface area contributed by atoms with Gasteiger partial charge in [-0.05, 0) is 37.6 Å². The van der Waals surface area contributed by atoms with E-state index in [4.69, 9.17) is 16.3 Å². The molecule has 2 aromatic rings. The van der Waals surface area contributed by atoms with Crippen LogP contribution in [0.4, 0.5) is 5.69 Å². The fourth-order valence-electron chi connectivity index (χ4n) is 2.08. The van der Waals surface area contributed by atoms with E-state index in [-0.39, 0.29) is 23.3 Å². The van der Waals surface area contributed by atoms with Crippen LogP contribution in [0.1, 0.15) is 29.8 Å². The Morgan fingerprint density at radius 1 is 1.20 bits per heavy atom. The fourth-order valence-corrected chi connectivity index (χ4v) is 3.12. The van der Waals surface area contributed by atoms with Gasteiger partial charge in [0.1, 0.15) is 0 Å². The van der Waals surface area contributed by atoms with E-state index in [1.807, 2.05) is 37.3 Å². The molecule has 132 valence electrons. The van der Waals surface area contributed by atoms with Crippen molar-refractivity contribution in [1.82, 2.24) is 0 Å². The van der Waals surface area contributed by atoms with Crippen LogP contribution in [-0.2, 0) is 15.3 Å². The Hall–Kier alpha value is -1.98. The number of rotatable bonds is 7. The third kappa shape index (κ3) is 5.80. The predicted molar refractivity (Wildman–Crippen MR) is 103 cm³/mol. The van der Waals surface area contributed by atoms with Crippen LogP contribution in [0.3, 0.4) is 0 Å². The molecule has 0 aliphatic heterocycles. The van der Waals surface area contributed by atoms with E-state index in [2.05, 4.69) is 5.32 Å². The standard InChI is InChI=1S/C19H20ClNO3S/c1-3-24-19(23)16-11-15(9-10-17(16)20)21-18(22)13(2)25-12-14-7-5-4-6-8-14/h4-11,13H,3,12H2,1-2H3,(H,21,22)/t13-/m1/s1. The number of carbonyl (C=O) groups excluding carboxylic acids is 2. The average Bonchev–Trinajstić information content (AvgIpc) is 2.62. The van der Waals surface area contributed by atoms with Crippen LogP contribution in [0, 0.1) is 0 Å². The van der Waals surface area contributed by atoms with Crippen molar-refractivity contribution in [3.8, 4) is 0 Å². The van der Waals surface area contributed by atoms with Crippen molar-refractivity contribution in [2.45, 2.75) is 24.9 Å². The van der Waals surface area contributed by atoms with Crippen molar-refractivity contribution in [3.63, 3.8) is 0 Å². The zero-order valence-electron chi connectivity index (χ0n) is 14.1. The maximum Gasteiger partial charge on any atom is 0.339 e. The number of nitrogens with one attached hydrogen (secondary N) is 1. The topological polar surface area (TPSA) is 55.4 Å². The lowest BCUT2D eigenvalue weighted by molar-refractivity contribution is -0.115. The number of anilines is 1. The number of halogens is 1. The minimum Gasteiger partial charge on any atom is -0.462 e. The summed E-state index contributed by atoms with van der Waals surface area (Å²) in [6.07, 6.45) is 0. The van der Waals surface area contributed by atoms with Gasteiger partial charge in [-0.2, -0.15) is 0 Å². The lowest BCUT2D eigenvalue weighted by Crippen LogP contribution is -2.22. The van der Waals surface area contributed by atoms with E-state index in [0.29, 0.717) is 10.7 Å². The van der Waals surface area contributed by atoms with Crippen molar-refractivity contribution in [1.29, 1.82) is 0 Å². The van der Waals surface area contributed by atoms with E-state index in [0.717, 1.165) is 5.75 Å². The summed E-state index contributed by atoms with van der Waals surface area (Å²) in [7, 11) is 0. The molecule has 0 unspecified atom stereocenters. The Morgan fingerprint density at radius 3 is 2.60 bits per heavy atom. The molecule has 0 saturated heterocycles. The number of carbonyl (C=O) groups is 2. The number of esters is 1. The molecule has 0 aromatic heterocycles. The highest BCUT2D eigenvalue weighted by atomic mass is 35.5. The molecule has 25 heavy (non-hydrogen) atoms. The SMILES string of the molecule is CCOC(=O)c1cc(NC(=O)[C@@H](C)SCc2ccccc2)ccc1Cl. The first-order chi connectivity index (χ1) is 12.0. The number of amides is 1. The van der Waals surface area contributed by atoms with Gasteiger partial charge >= 0.3 is 5.97 Å². The summed E-state index contributed by atoms with van der Waals surface area (Å²) in [4.78, 5) is 24.2. The first-order valence-corrected chi connectivity index (χ1v) is 9.37. The second kappa shape index (κ2) is 9.49. The summed E-state index contributed by atoms with van der Waals surface area (Å²) >= 11 is 7.57. The van der Waals surface area contributed by atoms with E-state index in [9.17, 15) is 9.59 Å². The van der Waals surface area contributed by atoms with Gasteiger partial charge in [0.25, 0.3) is 0 Å². The molecule has 0 aliphatic carbocycles. The van der Waals surface area contributed by atoms with Crippen LogP contribution in [-0.4, -0.2) is 23.7 Å². The largest absolute Gasteiger partial charge is 0.462 e. The Bertz CT molecular complexity index is 737. The molecule has 1 amide bonds. The summed E-state index contributed by atoms with van der Waals surface area (Å²) in [6.45, 7) is 3.84. The molecule has 0 radical (unpaired) electrons. The second-order valence-electron chi connectivity index (χ2n) is 5.34. The van der Waals surface area contributed by atoms with Crippen molar-refractivity contribution in [2.24, 2.45) is 0 Å². The maximum absolute atomic E-state index is 12.3. The van der Waals surface area contributed by atoms with Crippen LogP contribution in [0.25, 0.3) is 0 Å². The van der Waals surface area contributed by atoms with E-state index < -0.39 is 5.97 Å². The van der Waals surface area contributed by atoms with Crippen molar-refractivity contribution in [3.05, 3.63) is 64.7 Å². The molecule has 6 heteroatoms. The van der Waals surface area contributed by atoms with Crippen LogP contribution in [0.15, 0.2) is 48.5 Å². The zero-order chi connectivity index (χ0) is 18.2. The van der Waals surface area contributed by atoms with Crippen LogP contribution in [0.2, 0.25) is 5.02 Å². The molecule has 0 heterocycles. The number of benzene rings is 2. The zero-order valence-corrected chi connectivity index (χ0v) is 15.7. The Labute approximate surface area is 156 Å². The summed E-state index contributed by atoms with van der Waals surface area (Å²) in [5.41, 5.74) is 1.93. The average molecular weight is 378 g/mol. The molecular weight excluding hydrogens is 358 g/mol. The fraction of sp³-hybridized carbons (Fsp3) is 0.263. The molecule has 0 fully saturated rings. The van der Waals surface area contributed by atoms with E-state index in [1.54, 1.807) is 30.8 Å². The predicted octanol–water partition coefficient (Wildman–Crippen LogP) is 4.78. The van der Waals surface area contributed by atoms with Crippen LogP contribution in [0.5, 0.6) is 0 Å².